The zero-order chi connectivity index (χ0) is 18.9. The van der Waals surface area contributed by atoms with Crippen LogP contribution < -0.4 is 0 Å². The zero-order valence-corrected chi connectivity index (χ0v) is 15.3. The summed E-state index contributed by atoms with van der Waals surface area (Å²) in [6, 6.07) is 17.9. The van der Waals surface area contributed by atoms with Crippen LogP contribution in [-0.2, 0) is 0 Å². The Balaban J connectivity index is 1.43. The molecule has 0 aliphatic carbocycles. The smallest absolute Gasteiger partial charge is 0.276 e. The average Bonchev–Trinajstić information content (AvgIpc) is 3.43. The number of piperidine rings is 1. The van der Waals surface area contributed by atoms with Gasteiger partial charge in [0.1, 0.15) is 0 Å². The maximum Gasteiger partial charge on any atom is 0.276 e. The largest absolute Gasteiger partial charge is 0.355 e. The van der Waals surface area contributed by atoms with Crippen LogP contribution in [0.4, 0.5) is 0 Å². The minimum absolute atomic E-state index is 0.0760. The number of H-pyrrole nitrogens is 1. The van der Waals surface area contributed by atoms with Crippen LogP contribution in [0.5, 0.6) is 0 Å². The summed E-state index contributed by atoms with van der Waals surface area (Å²) < 4.78 is 5.50. The van der Waals surface area contributed by atoms with Crippen LogP contribution in [0.1, 0.15) is 41.4 Å². The van der Waals surface area contributed by atoms with Gasteiger partial charge in [0.15, 0.2) is 11.5 Å². The van der Waals surface area contributed by atoms with Crippen molar-refractivity contribution in [2.75, 3.05) is 6.54 Å². The third kappa shape index (κ3) is 2.97. The number of likely N-dealkylation sites (tertiary alicyclic amines) is 1. The van der Waals surface area contributed by atoms with Crippen molar-refractivity contribution in [2.45, 2.75) is 25.3 Å². The van der Waals surface area contributed by atoms with Crippen LogP contribution in [0.3, 0.4) is 0 Å². The molecule has 1 unspecified atom stereocenters. The third-order valence-corrected chi connectivity index (χ3v) is 5.40. The molecule has 2 aromatic carbocycles. The Bertz CT molecular complexity index is 1120. The number of amides is 1. The number of aromatic nitrogens is 3. The number of hydrogen-bond acceptors (Lipinski definition) is 4. The van der Waals surface area contributed by atoms with E-state index in [0.717, 1.165) is 42.3 Å². The Morgan fingerprint density at radius 2 is 2.00 bits per heavy atom. The Labute approximate surface area is 162 Å². The van der Waals surface area contributed by atoms with Crippen LogP contribution in [0, 0.1) is 0 Å². The first-order valence-corrected chi connectivity index (χ1v) is 9.56. The number of hydrogen-bond donors (Lipinski definition) is 1. The van der Waals surface area contributed by atoms with Crippen molar-refractivity contribution in [3.8, 4) is 11.3 Å². The highest BCUT2D eigenvalue weighted by Crippen LogP contribution is 2.32. The average molecular weight is 372 g/mol. The molecule has 1 amide bonds. The van der Waals surface area contributed by atoms with Crippen molar-refractivity contribution >= 4 is 16.8 Å². The second kappa shape index (κ2) is 6.96. The molecule has 1 saturated heterocycles. The van der Waals surface area contributed by atoms with Gasteiger partial charge in [-0.1, -0.05) is 35.5 Å². The molecule has 5 rings (SSSR count). The number of benzene rings is 2. The van der Waals surface area contributed by atoms with Crippen molar-refractivity contribution in [3.63, 3.8) is 0 Å². The van der Waals surface area contributed by atoms with Crippen molar-refractivity contribution in [1.29, 1.82) is 0 Å². The van der Waals surface area contributed by atoms with Gasteiger partial charge in [0.2, 0.25) is 0 Å². The summed E-state index contributed by atoms with van der Waals surface area (Å²) >= 11 is 0. The normalized spacial score (nSPS) is 17.1. The summed E-state index contributed by atoms with van der Waals surface area (Å²) in [5.41, 5.74) is 3.35. The SMILES string of the molecule is O=C(c1cc(-c2ccc3[nH]ncc3c2)on1)N1CCCCC1c1ccccc1. The highest BCUT2D eigenvalue weighted by atomic mass is 16.5. The molecule has 0 radical (unpaired) electrons. The number of carbonyl (C=O) groups excluding carboxylic acids is 1. The second-order valence-corrected chi connectivity index (χ2v) is 7.17. The minimum Gasteiger partial charge on any atom is -0.355 e. The Kier molecular flexibility index (Phi) is 4.16. The fraction of sp³-hybridized carbons (Fsp3) is 0.227. The van der Waals surface area contributed by atoms with E-state index in [0.29, 0.717) is 11.5 Å². The highest BCUT2D eigenvalue weighted by Gasteiger charge is 2.30. The van der Waals surface area contributed by atoms with E-state index >= 15 is 0 Å². The van der Waals surface area contributed by atoms with Gasteiger partial charge in [-0.25, -0.2) is 0 Å². The monoisotopic (exact) mass is 372 g/mol. The Morgan fingerprint density at radius 1 is 1.11 bits per heavy atom. The Morgan fingerprint density at radius 3 is 2.89 bits per heavy atom. The molecule has 1 atom stereocenters. The second-order valence-electron chi connectivity index (χ2n) is 7.17. The predicted molar refractivity (Wildman–Crippen MR) is 106 cm³/mol. The molecule has 4 aromatic rings. The van der Waals surface area contributed by atoms with Gasteiger partial charge in [-0.3, -0.25) is 9.89 Å². The molecule has 1 aliphatic heterocycles. The summed E-state index contributed by atoms with van der Waals surface area (Å²) in [5, 5.41) is 12.0. The van der Waals surface area contributed by atoms with Crippen molar-refractivity contribution < 1.29 is 9.32 Å². The molecule has 0 bridgehead atoms. The molecule has 0 saturated carbocycles. The number of fused-ring (bicyclic) bond motifs is 1. The minimum atomic E-state index is -0.0760. The molecule has 3 heterocycles. The molecular weight excluding hydrogens is 352 g/mol. The van der Waals surface area contributed by atoms with Crippen LogP contribution in [0.25, 0.3) is 22.2 Å². The lowest BCUT2D eigenvalue weighted by atomic mass is 9.95. The van der Waals surface area contributed by atoms with Crippen LogP contribution in [0.15, 0.2) is 65.3 Å². The van der Waals surface area contributed by atoms with Crippen LogP contribution in [0.2, 0.25) is 0 Å². The van der Waals surface area contributed by atoms with E-state index in [9.17, 15) is 4.79 Å². The van der Waals surface area contributed by atoms with Gasteiger partial charge in [-0.15, -0.1) is 0 Å². The van der Waals surface area contributed by atoms with Gasteiger partial charge in [-0.2, -0.15) is 5.10 Å². The zero-order valence-electron chi connectivity index (χ0n) is 15.3. The summed E-state index contributed by atoms with van der Waals surface area (Å²) in [6.45, 7) is 0.738. The van der Waals surface area contributed by atoms with E-state index in [1.807, 2.05) is 41.3 Å². The lowest BCUT2D eigenvalue weighted by molar-refractivity contribution is 0.0601. The summed E-state index contributed by atoms with van der Waals surface area (Å²) in [4.78, 5) is 15.1. The highest BCUT2D eigenvalue weighted by molar-refractivity contribution is 5.94. The van der Waals surface area contributed by atoms with Gasteiger partial charge >= 0.3 is 0 Å². The molecule has 140 valence electrons. The molecule has 6 nitrogen and oxygen atoms in total. The molecular formula is C22H20N4O2. The molecule has 1 fully saturated rings. The molecule has 1 aliphatic rings. The van der Waals surface area contributed by atoms with Gasteiger partial charge < -0.3 is 9.42 Å². The number of carbonyl (C=O) groups is 1. The number of nitrogens with one attached hydrogen (secondary N) is 1. The first-order valence-electron chi connectivity index (χ1n) is 9.56. The first-order chi connectivity index (χ1) is 13.8. The van der Waals surface area contributed by atoms with Crippen molar-refractivity contribution in [1.82, 2.24) is 20.3 Å². The van der Waals surface area contributed by atoms with Gasteiger partial charge in [0.25, 0.3) is 5.91 Å². The maximum absolute atomic E-state index is 13.2. The van der Waals surface area contributed by atoms with E-state index in [1.54, 1.807) is 12.3 Å². The number of rotatable bonds is 3. The molecule has 28 heavy (non-hydrogen) atoms. The number of aromatic amines is 1. The summed E-state index contributed by atoms with van der Waals surface area (Å²) in [7, 11) is 0. The summed E-state index contributed by atoms with van der Waals surface area (Å²) in [6.07, 6.45) is 4.87. The fourth-order valence-electron chi connectivity index (χ4n) is 3.95. The molecule has 0 spiro atoms. The topological polar surface area (TPSA) is 75.0 Å². The maximum atomic E-state index is 13.2. The van der Waals surface area contributed by atoms with E-state index in [1.165, 1.54) is 5.56 Å². The standard InChI is InChI=1S/C22H20N4O2/c27-22(26-11-5-4-8-20(26)15-6-2-1-3-7-15)19-13-21(28-25-19)16-9-10-18-17(12-16)14-23-24-18/h1-3,6-7,9-10,12-14,20H,4-5,8,11H2,(H,23,24). The summed E-state index contributed by atoms with van der Waals surface area (Å²) in [5.74, 6) is 0.507. The van der Waals surface area contributed by atoms with Crippen molar-refractivity contribution in [2.24, 2.45) is 0 Å². The Hall–Kier alpha value is -3.41. The lowest BCUT2D eigenvalue weighted by Gasteiger charge is -2.35. The van der Waals surface area contributed by atoms with E-state index in [-0.39, 0.29) is 11.9 Å². The first kappa shape index (κ1) is 16.7. The van der Waals surface area contributed by atoms with Gasteiger partial charge in [0, 0.05) is 23.6 Å². The molecule has 6 heteroatoms. The van der Waals surface area contributed by atoms with E-state index in [4.69, 9.17) is 4.52 Å². The quantitative estimate of drug-likeness (QED) is 0.571. The van der Waals surface area contributed by atoms with Crippen LogP contribution >= 0.6 is 0 Å². The number of nitrogens with zero attached hydrogens (tertiary/aromatic N) is 3. The molecule has 1 N–H and O–H groups in total. The van der Waals surface area contributed by atoms with E-state index < -0.39 is 0 Å². The van der Waals surface area contributed by atoms with Gasteiger partial charge in [-0.05, 0) is 43.0 Å². The molecule has 2 aromatic heterocycles. The fourth-order valence-corrected chi connectivity index (χ4v) is 3.95. The third-order valence-electron chi connectivity index (χ3n) is 5.40. The van der Waals surface area contributed by atoms with Crippen LogP contribution in [-0.4, -0.2) is 32.7 Å². The van der Waals surface area contributed by atoms with Gasteiger partial charge in [0.05, 0.1) is 17.8 Å². The predicted octanol–water partition coefficient (Wildman–Crippen LogP) is 4.59. The van der Waals surface area contributed by atoms with Crippen molar-refractivity contribution in [3.05, 3.63) is 72.1 Å². The lowest BCUT2D eigenvalue weighted by Crippen LogP contribution is -2.38. The van der Waals surface area contributed by atoms with E-state index in [2.05, 4.69) is 27.5 Å².